The molecule has 0 atom stereocenters. The molecule has 2 heterocycles. The molecule has 0 unspecified atom stereocenters. The number of hydrogen-bond donors (Lipinski definition) is 2. The Bertz CT molecular complexity index is 385. The molecule has 1 aromatic rings. The highest BCUT2D eigenvalue weighted by Crippen LogP contribution is 2.25. The molecule has 1 fully saturated rings. The highest BCUT2D eigenvalue weighted by molar-refractivity contribution is 7.99. The summed E-state index contributed by atoms with van der Waals surface area (Å²) in [5.41, 5.74) is 1.09. The van der Waals surface area contributed by atoms with Crippen molar-refractivity contribution in [1.82, 2.24) is 10.2 Å². The van der Waals surface area contributed by atoms with E-state index in [0.717, 1.165) is 18.5 Å². The number of H-pyrrole nitrogens is 1. The number of rotatable bonds is 5. The average Bonchev–Trinajstić information content (AvgIpc) is 2.78. The first-order valence-electron chi connectivity index (χ1n) is 6.69. The van der Waals surface area contributed by atoms with Crippen molar-refractivity contribution in [3.8, 4) is 0 Å². The third-order valence-electron chi connectivity index (χ3n) is 3.23. The fourth-order valence-electron chi connectivity index (χ4n) is 2.23. The van der Waals surface area contributed by atoms with Gasteiger partial charge in [-0.15, -0.1) is 0 Å². The minimum atomic E-state index is 0.0986. The highest BCUT2D eigenvalue weighted by Gasteiger charge is 2.17. The fourth-order valence-corrected chi connectivity index (χ4v) is 3.43. The van der Waals surface area contributed by atoms with Crippen LogP contribution in [0.25, 0.3) is 0 Å². The first-order chi connectivity index (χ1) is 8.78. The second kappa shape index (κ2) is 6.83. The maximum atomic E-state index is 11.9. The molecule has 2 rings (SSSR count). The minimum absolute atomic E-state index is 0.0986. The molecule has 100 valence electrons. The lowest BCUT2D eigenvalue weighted by molar-refractivity contribution is -0.117. The van der Waals surface area contributed by atoms with Crippen LogP contribution in [0.2, 0.25) is 0 Å². The van der Waals surface area contributed by atoms with E-state index in [1.54, 1.807) is 0 Å². The van der Waals surface area contributed by atoms with Gasteiger partial charge in [0.25, 0.3) is 0 Å². The molecule has 0 spiro atoms. The molecular formula is C13H21N3OS. The molecule has 0 aromatic carbocycles. The number of anilines is 1. The van der Waals surface area contributed by atoms with Crippen molar-refractivity contribution in [2.24, 2.45) is 5.92 Å². The van der Waals surface area contributed by atoms with E-state index >= 15 is 0 Å². The molecule has 4 nitrogen and oxygen atoms in total. The van der Waals surface area contributed by atoms with Crippen LogP contribution in [-0.2, 0) is 11.2 Å². The molecule has 1 saturated heterocycles. The maximum absolute atomic E-state index is 11.9. The number of aryl methyl sites for hydroxylation is 1. The summed E-state index contributed by atoms with van der Waals surface area (Å²) in [7, 11) is 0. The molecule has 2 N–H and O–H groups in total. The van der Waals surface area contributed by atoms with Crippen molar-refractivity contribution >= 4 is 23.5 Å². The van der Waals surface area contributed by atoms with Crippen LogP contribution < -0.4 is 5.32 Å². The van der Waals surface area contributed by atoms with E-state index < -0.39 is 0 Å². The van der Waals surface area contributed by atoms with Crippen LogP contribution in [0.4, 0.5) is 5.82 Å². The van der Waals surface area contributed by atoms with Crippen molar-refractivity contribution in [2.75, 3.05) is 16.8 Å². The molecule has 1 aliphatic rings. The SMILES string of the molecule is CCCc1cc(NC(=O)CC2CCSCC2)n[nH]1. The van der Waals surface area contributed by atoms with Gasteiger partial charge in [-0.1, -0.05) is 13.3 Å². The van der Waals surface area contributed by atoms with E-state index in [2.05, 4.69) is 22.4 Å². The molecule has 1 aliphatic heterocycles. The van der Waals surface area contributed by atoms with Gasteiger partial charge in [0.1, 0.15) is 0 Å². The number of aromatic nitrogens is 2. The Balaban J connectivity index is 1.78. The van der Waals surface area contributed by atoms with Gasteiger partial charge in [-0.2, -0.15) is 16.9 Å². The van der Waals surface area contributed by atoms with Crippen LogP contribution in [0.5, 0.6) is 0 Å². The Labute approximate surface area is 112 Å². The molecule has 1 aromatic heterocycles. The topological polar surface area (TPSA) is 57.8 Å². The van der Waals surface area contributed by atoms with E-state index in [9.17, 15) is 4.79 Å². The first-order valence-corrected chi connectivity index (χ1v) is 7.85. The number of hydrogen-bond acceptors (Lipinski definition) is 3. The summed E-state index contributed by atoms with van der Waals surface area (Å²) < 4.78 is 0. The van der Waals surface area contributed by atoms with Gasteiger partial charge in [-0.05, 0) is 36.7 Å². The Kier molecular flexibility index (Phi) is 5.11. The van der Waals surface area contributed by atoms with Crippen molar-refractivity contribution in [1.29, 1.82) is 0 Å². The van der Waals surface area contributed by atoms with Crippen molar-refractivity contribution < 1.29 is 4.79 Å². The number of thioether (sulfide) groups is 1. The van der Waals surface area contributed by atoms with Crippen molar-refractivity contribution in [3.63, 3.8) is 0 Å². The van der Waals surface area contributed by atoms with Crippen molar-refractivity contribution in [3.05, 3.63) is 11.8 Å². The zero-order valence-electron chi connectivity index (χ0n) is 10.9. The number of aromatic amines is 1. The maximum Gasteiger partial charge on any atom is 0.225 e. The summed E-state index contributed by atoms with van der Waals surface area (Å²) in [5.74, 6) is 3.71. The minimum Gasteiger partial charge on any atom is -0.309 e. The van der Waals surface area contributed by atoms with E-state index in [1.807, 2.05) is 17.8 Å². The molecule has 1 amide bonds. The van der Waals surface area contributed by atoms with Crippen LogP contribution in [0.1, 0.15) is 38.3 Å². The number of carbonyl (C=O) groups is 1. The molecule has 0 radical (unpaired) electrons. The van der Waals surface area contributed by atoms with Gasteiger partial charge in [0.15, 0.2) is 5.82 Å². The predicted octanol–water partition coefficient (Wildman–Crippen LogP) is 2.83. The quantitative estimate of drug-likeness (QED) is 0.862. The van der Waals surface area contributed by atoms with Gasteiger partial charge >= 0.3 is 0 Å². The Morgan fingerprint density at radius 1 is 1.56 bits per heavy atom. The van der Waals surface area contributed by atoms with Crippen LogP contribution in [0.3, 0.4) is 0 Å². The second-order valence-corrected chi connectivity index (χ2v) is 6.06. The zero-order chi connectivity index (χ0) is 12.8. The van der Waals surface area contributed by atoms with Crippen LogP contribution >= 0.6 is 11.8 Å². The van der Waals surface area contributed by atoms with Gasteiger partial charge < -0.3 is 5.32 Å². The largest absolute Gasteiger partial charge is 0.309 e. The van der Waals surface area contributed by atoms with Gasteiger partial charge in [0.2, 0.25) is 5.91 Å². The van der Waals surface area contributed by atoms with Gasteiger partial charge in [-0.3, -0.25) is 9.89 Å². The van der Waals surface area contributed by atoms with E-state index in [0.29, 0.717) is 18.2 Å². The summed E-state index contributed by atoms with van der Waals surface area (Å²) in [6.07, 6.45) is 5.02. The first kappa shape index (κ1) is 13.5. The third kappa shape index (κ3) is 4.05. The van der Waals surface area contributed by atoms with Crippen LogP contribution in [0, 0.1) is 5.92 Å². The Hall–Kier alpha value is -0.970. The van der Waals surface area contributed by atoms with E-state index in [-0.39, 0.29) is 5.91 Å². The average molecular weight is 267 g/mol. The molecule has 18 heavy (non-hydrogen) atoms. The normalized spacial score (nSPS) is 16.7. The lowest BCUT2D eigenvalue weighted by Crippen LogP contribution is -2.19. The summed E-state index contributed by atoms with van der Waals surface area (Å²) in [6, 6.07) is 1.93. The summed E-state index contributed by atoms with van der Waals surface area (Å²) in [4.78, 5) is 11.9. The number of nitrogens with zero attached hydrogens (tertiary/aromatic N) is 1. The smallest absolute Gasteiger partial charge is 0.225 e. The highest BCUT2D eigenvalue weighted by atomic mass is 32.2. The number of carbonyl (C=O) groups excluding carboxylic acids is 1. The predicted molar refractivity (Wildman–Crippen MR) is 75.9 cm³/mol. The lowest BCUT2D eigenvalue weighted by atomic mass is 9.98. The lowest BCUT2D eigenvalue weighted by Gasteiger charge is -2.20. The number of amides is 1. The van der Waals surface area contributed by atoms with Gasteiger partial charge in [0, 0.05) is 18.2 Å². The monoisotopic (exact) mass is 267 g/mol. The Morgan fingerprint density at radius 3 is 3.06 bits per heavy atom. The van der Waals surface area contributed by atoms with Gasteiger partial charge in [0.05, 0.1) is 0 Å². The van der Waals surface area contributed by atoms with Gasteiger partial charge in [-0.25, -0.2) is 0 Å². The summed E-state index contributed by atoms with van der Waals surface area (Å²) in [6.45, 7) is 2.13. The molecule has 0 saturated carbocycles. The fraction of sp³-hybridized carbons (Fsp3) is 0.692. The van der Waals surface area contributed by atoms with E-state index in [1.165, 1.54) is 24.3 Å². The summed E-state index contributed by atoms with van der Waals surface area (Å²) >= 11 is 1.99. The molecule has 0 bridgehead atoms. The Morgan fingerprint density at radius 2 is 2.33 bits per heavy atom. The van der Waals surface area contributed by atoms with Crippen LogP contribution in [0.15, 0.2) is 6.07 Å². The summed E-state index contributed by atoms with van der Waals surface area (Å²) in [5, 5.41) is 9.93. The zero-order valence-corrected chi connectivity index (χ0v) is 11.7. The third-order valence-corrected chi connectivity index (χ3v) is 4.28. The van der Waals surface area contributed by atoms with Crippen molar-refractivity contribution in [2.45, 2.75) is 39.0 Å². The second-order valence-electron chi connectivity index (χ2n) is 4.84. The molecule has 0 aliphatic carbocycles. The van der Waals surface area contributed by atoms with E-state index in [4.69, 9.17) is 0 Å². The molecular weight excluding hydrogens is 246 g/mol. The van der Waals surface area contributed by atoms with Crippen LogP contribution in [-0.4, -0.2) is 27.6 Å². The molecule has 5 heteroatoms. The number of nitrogens with one attached hydrogen (secondary N) is 2. The standard InChI is InChI=1S/C13H21N3OS/c1-2-3-11-9-12(16-15-11)14-13(17)8-10-4-6-18-7-5-10/h9-10H,2-8H2,1H3,(H2,14,15,16,17).